The highest BCUT2D eigenvalue weighted by Crippen LogP contribution is 2.82. The van der Waals surface area contributed by atoms with Crippen LogP contribution in [0, 0.1) is 50.2 Å². The smallest absolute Gasteiger partial charge is 0.333 e. The summed E-state index contributed by atoms with van der Waals surface area (Å²) in [4.78, 5) is 27.1. The van der Waals surface area contributed by atoms with Gasteiger partial charge in [-0.05, 0) is 106 Å². The zero-order valence-corrected chi connectivity index (χ0v) is 51.1. The quantitative estimate of drug-likeness (QED) is 0.0577. The predicted molar refractivity (Wildman–Crippen MR) is 292 cm³/mol. The summed E-state index contributed by atoms with van der Waals surface area (Å²) in [6.07, 6.45) is -31.7. The first-order valence-electron chi connectivity index (χ1n) is 30.8. The van der Waals surface area contributed by atoms with Gasteiger partial charge in [0.2, 0.25) is 0 Å². The van der Waals surface area contributed by atoms with Gasteiger partial charge in [0.1, 0.15) is 103 Å². The van der Waals surface area contributed by atoms with Crippen molar-refractivity contribution < 1.29 is 128 Å². The number of ether oxygens (including phenoxy) is 11. The predicted octanol–water partition coefficient (Wildman–Crippen LogP) is -1.34. The number of aliphatic hydroxyl groups is 13. The molecule has 0 aromatic rings. The van der Waals surface area contributed by atoms with Gasteiger partial charge in [-0.15, -0.1) is 0 Å². The van der Waals surface area contributed by atoms with Crippen LogP contribution in [-0.2, 0) is 61.7 Å². The van der Waals surface area contributed by atoms with Crippen LogP contribution in [0.1, 0.15) is 128 Å². The zero-order chi connectivity index (χ0) is 63.1. The van der Waals surface area contributed by atoms with E-state index < -0.39 is 218 Å². The molecule has 5 saturated heterocycles. The maximum Gasteiger partial charge on any atom is 0.333 e. The van der Waals surface area contributed by atoms with Crippen molar-refractivity contribution in [3.63, 3.8) is 0 Å². The molecule has 13 N–H and O–H groups in total. The average Bonchev–Trinajstić information content (AvgIpc) is 1.35. The molecule has 0 radical (unpaired) electrons. The summed E-state index contributed by atoms with van der Waals surface area (Å²) < 4.78 is 68.8. The summed E-state index contributed by atoms with van der Waals surface area (Å²) in [7, 11) is 0. The van der Waals surface area contributed by atoms with Gasteiger partial charge < -0.3 is 118 Å². The van der Waals surface area contributed by atoms with Crippen LogP contribution < -0.4 is 0 Å². The van der Waals surface area contributed by atoms with E-state index in [4.69, 9.17) is 52.1 Å². The molecule has 26 nitrogen and oxygen atoms in total. The molecule has 86 heavy (non-hydrogen) atoms. The number of carbonyl (C=O) groups excluding carboxylic acids is 2. The van der Waals surface area contributed by atoms with Crippen LogP contribution in [-0.4, -0.2) is 251 Å². The molecule has 5 saturated carbocycles. The molecule has 10 rings (SSSR count). The topological polar surface area (TPSA) is 399 Å². The van der Waals surface area contributed by atoms with E-state index in [2.05, 4.69) is 34.6 Å². The number of carbonyl (C=O) groups is 2. The Bertz CT molecular complexity index is 2480. The highest BCUT2D eigenvalue weighted by molar-refractivity contribution is 5.87. The number of hydrogen-bond donors (Lipinski definition) is 13. The Labute approximate surface area is 500 Å². The number of hydrogen-bond acceptors (Lipinski definition) is 26. The Morgan fingerprint density at radius 2 is 1.20 bits per heavy atom. The third-order valence-electron chi connectivity index (χ3n) is 23.7. The van der Waals surface area contributed by atoms with Gasteiger partial charge in [0.05, 0.1) is 43.7 Å². The first kappa shape index (κ1) is 66.7. The lowest BCUT2D eigenvalue weighted by atomic mass is 9.30. The van der Waals surface area contributed by atoms with Crippen molar-refractivity contribution in [3.8, 4) is 0 Å². The average molecular weight is 1230 g/mol. The van der Waals surface area contributed by atoms with Crippen LogP contribution in [0.4, 0.5) is 0 Å². The first-order chi connectivity index (χ1) is 40.1. The second-order valence-corrected chi connectivity index (χ2v) is 28.8. The minimum absolute atomic E-state index is 0.0269. The van der Waals surface area contributed by atoms with Gasteiger partial charge in [-0.3, -0.25) is 4.79 Å². The summed E-state index contributed by atoms with van der Waals surface area (Å²) in [5.41, 5.74) is -5.35. The third-order valence-corrected chi connectivity index (χ3v) is 23.7. The maximum absolute atomic E-state index is 13.7. The maximum atomic E-state index is 13.7. The van der Waals surface area contributed by atoms with Gasteiger partial charge in [-0.25, -0.2) is 4.79 Å². The second-order valence-electron chi connectivity index (χ2n) is 28.8. The molecule has 5 aliphatic heterocycles. The summed E-state index contributed by atoms with van der Waals surface area (Å²) in [5, 5.41) is 145. The second kappa shape index (κ2) is 23.7. The number of esters is 2. The van der Waals surface area contributed by atoms with Gasteiger partial charge in [0, 0.05) is 23.8 Å². The molecule has 492 valence electrons. The van der Waals surface area contributed by atoms with E-state index in [0.29, 0.717) is 50.5 Å². The highest BCUT2D eigenvalue weighted by Gasteiger charge is 2.86. The molecule has 5 heterocycles. The number of fused-ring (bicyclic) bond motifs is 4. The van der Waals surface area contributed by atoms with Gasteiger partial charge in [0.25, 0.3) is 0 Å². The Kier molecular flexibility index (Phi) is 18.4. The Morgan fingerprint density at radius 3 is 1.83 bits per heavy atom. The van der Waals surface area contributed by atoms with Crippen LogP contribution in [0.5, 0.6) is 0 Å². The van der Waals surface area contributed by atoms with Crippen molar-refractivity contribution >= 4 is 11.9 Å². The fourth-order valence-corrected chi connectivity index (χ4v) is 18.6. The van der Waals surface area contributed by atoms with Gasteiger partial charge in [-0.1, -0.05) is 54.5 Å². The largest absolute Gasteiger partial charge is 0.462 e. The van der Waals surface area contributed by atoms with Gasteiger partial charge in [-0.2, -0.15) is 0 Å². The van der Waals surface area contributed by atoms with E-state index in [9.17, 15) is 76.0 Å². The summed E-state index contributed by atoms with van der Waals surface area (Å²) in [6, 6.07) is 0. The van der Waals surface area contributed by atoms with Crippen LogP contribution in [0.3, 0.4) is 0 Å². The Balaban J connectivity index is 0.929. The van der Waals surface area contributed by atoms with Crippen LogP contribution in [0.2, 0.25) is 0 Å². The number of allylic oxidation sites excluding steroid dienone is 1. The van der Waals surface area contributed by atoms with E-state index in [-0.39, 0.29) is 23.7 Å². The molecule has 0 amide bonds. The normalized spacial score (nSPS) is 54.1. The molecule has 0 aromatic heterocycles. The molecular weight excluding hydrogens is 1140 g/mol. The lowest BCUT2D eigenvalue weighted by Crippen LogP contribution is -2.77. The fraction of sp³-hybridized carbons (Fsp3) is 0.933. The van der Waals surface area contributed by atoms with Crippen molar-refractivity contribution in [1.82, 2.24) is 0 Å². The van der Waals surface area contributed by atoms with Gasteiger partial charge >= 0.3 is 11.9 Å². The molecule has 26 heteroatoms. The minimum atomic E-state index is -1.99. The molecule has 2 bridgehead atoms. The molecule has 5 aliphatic carbocycles. The van der Waals surface area contributed by atoms with Crippen LogP contribution >= 0.6 is 0 Å². The molecule has 1 spiro atoms. The van der Waals surface area contributed by atoms with Crippen molar-refractivity contribution in [3.05, 3.63) is 11.6 Å². The summed E-state index contributed by atoms with van der Waals surface area (Å²) in [6.45, 7) is 19.1. The lowest BCUT2D eigenvalue weighted by Gasteiger charge is -2.75. The van der Waals surface area contributed by atoms with E-state index in [0.717, 1.165) is 0 Å². The number of aliphatic hydroxyl groups excluding tert-OH is 13. The van der Waals surface area contributed by atoms with E-state index in [1.54, 1.807) is 19.9 Å². The monoisotopic (exact) mass is 1230 g/mol. The number of rotatable bonds is 13. The Morgan fingerprint density at radius 1 is 0.605 bits per heavy atom. The van der Waals surface area contributed by atoms with Crippen molar-refractivity contribution in [2.24, 2.45) is 50.2 Å². The molecule has 32 atom stereocenters. The first-order valence-corrected chi connectivity index (χ1v) is 30.8. The summed E-state index contributed by atoms with van der Waals surface area (Å²) in [5.74, 6) is -1.77. The standard InChI is InChI=1S/C60H96O26/c1-12-24(2)48(74)85-47-46(73)54(5,6)19-32-59-18-14-31-56(9)16-15-33(55(7,8)30(56)13-17-57(31,10)58(59,11)20-34(79-26(4)62)60(32,47)53(75)86-59)82-52-45(84-50-42(71)39(68)36(65)28(21-61)80-50)44(27(63)22-76-52)83-51-43(72)40(69)37(66)29(81-51)23-77-49-41(70)38(67)35(64)25(3)78-49/h12,25,27-47,49-53,61,63-73,75H,13-23H2,1-11H3/t25-,27+,28+,29+,30-,31+,32+,33-,34+,35-,36+,37+,38+,39-,40-,41+,42+,43+,44+,45-,46-,47-,49+,50-,51-,52+,53-,56-,57+,58-,59-,60+/m0/s1. The molecule has 0 unspecified atom stereocenters. The van der Waals surface area contributed by atoms with Crippen molar-refractivity contribution in [1.29, 1.82) is 0 Å². The SMILES string of the molecule is CC=C(C)C(=O)O[C@H]1[C@H](O)C(C)(C)C[C@H]2[C@]13[C@@H](O)O[C@@]21CC[C@@H]2[C@@]4(C)CC[C@H](O[C@H]5OC[C@@H](O)[C@@H](O[C@@H]6O[C@H](CO[C@@H]7O[C@@H](C)[C@H](O)[C@@H](O)[C@H]7O)[C@@H](O)[C@H](O)[C@H]6O)[C@@H]5O[C@@H]5O[C@H](CO)[C@@H](O)[C@H](O)[C@H]5O)C(C)(C)[C@@H]4CC[C@@]2(C)[C@]1(C)C[C@H]3OC(C)=O. The minimum Gasteiger partial charge on any atom is -0.462 e. The fourth-order valence-electron chi connectivity index (χ4n) is 18.6. The van der Waals surface area contributed by atoms with Crippen molar-refractivity contribution in [2.45, 2.75) is 281 Å². The van der Waals surface area contributed by atoms with Crippen LogP contribution in [0.15, 0.2) is 11.6 Å². The van der Waals surface area contributed by atoms with Gasteiger partial charge in [0.15, 0.2) is 31.5 Å². The van der Waals surface area contributed by atoms with Crippen LogP contribution in [0.25, 0.3) is 0 Å². The zero-order valence-electron chi connectivity index (χ0n) is 51.1. The third kappa shape index (κ3) is 10.2. The molecule has 0 aromatic carbocycles. The summed E-state index contributed by atoms with van der Waals surface area (Å²) >= 11 is 0. The lowest BCUT2D eigenvalue weighted by molar-refractivity contribution is -0.391. The van der Waals surface area contributed by atoms with E-state index in [1.165, 1.54) is 13.8 Å². The Hall–Kier alpha value is -2.20. The van der Waals surface area contributed by atoms with E-state index >= 15 is 0 Å². The van der Waals surface area contributed by atoms with E-state index in [1.807, 2.05) is 13.8 Å². The molecule has 10 aliphatic rings. The molecule has 10 fully saturated rings. The van der Waals surface area contributed by atoms with Crippen molar-refractivity contribution in [2.75, 3.05) is 19.8 Å². The highest BCUT2D eigenvalue weighted by atomic mass is 16.8. The molecular formula is C60H96O26.